The smallest absolute Gasteiger partial charge is 0.227 e. The number of anilines is 2. The van der Waals surface area contributed by atoms with E-state index in [1.165, 1.54) is 4.31 Å². The van der Waals surface area contributed by atoms with Crippen molar-refractivity contribution in [2.24, 2.45) is 5.92 Å². The number of carbonyl (C=O) groups is 2. The number of amides is 2. The number of ether oxygens (including phenoxy) is 1. The van der Waals surface area contributed by atoms with Gasteiger partial charge in [-0.15, -0.1) is 0 Å². The van der Waals surface area contributed by atoms with E-state index in [1.807, 2.05) is 55.5 Å². The van der Waals surface area contributed by atoms with Crippen molar-refractivity contribution in [2.45, 2.75) is 13.3 Å². The van der Waals surface area contributed by atoms with Crippen LogP contribution >= 0.6 is 0 Å². The molecule has 2 fully saturated rings. The fraction of sp³-hybridized carbons (Fsp3) is 0.440. The van der Waals surface area contributed by atoms with Crippen LogP contribution in [0.25, 0.3) is 0 Å². The van der Waals surface area contributed by atoms with Crippen LogP contribution in [-0.4, -0.2) is 76.7 Å². The van der Waals surface area contributed by atoms with E-state index in [0.717, 1.165) is 22.7 Å². The summed E-state index contributed by atoms with van der Waals surface area (Å²) in [4.78, 5) is 28.8. The summed E-state index contributed by atoms with van der Waals surface area (Å²) in [7, 11) is -1.87. The first-order valence-corrected chi connectivity index (χ1v) is 13.4. The predicted octanol–water partition coefficient (Wildman–Crippen LogP) is 1.62. The zero-order chi connectivity index (χ0) is 25.0. The normalized spacial score (nSPS) is 19.1. The summed E-state index contributed by atoms with van der Waals surface area (Å²) in [6, 6.07) is 15.3. The zero-order valence-electron chi connectivity index (χ0n) is 20.1. The molecule has 0 aliphatic carbocycles. The number of nitrogens with one attached hydrogen (secondary N) is 1. The molecule has 1 atom stereocenters. The average molecular weight is 501 g/mol. The number of rotatable bonds is 8. The van der Waals surface area contributed by atoms with Gasteiger partial charge < -0.3 is 19.9 Å². The van der Waals surface area contributed by atoms with Crippen LogP contribution in [0.2, 0.25) is 0 Å². The molecule has 2 amide bonds. The quantitative estimate of drug-likeness (QED) is 0.592. The second-order valence-corrected chi connectivity index (χ2v) is 11.0. The summed E-state index contributed by atoms with van der Waals surface area (Å²) < 4.78 is 32.3. The fourth-order valence-corrected chi connectivity index (χ4v) is 5.79. The SMILES string of the molecule is COc1ccc(N2CCN(S(=O)(=O)CCNC(=O)C3CC(=O)N(c4ccc(C)cc4)C3)CC2)cc1. The standard InChI is InChI=1S/C25H32N4O5S/c1-19-3-5-22(6-4-19)29-18-20(17-24(29)30)25(31)26-11-16-35(32,33)28-14-12-27(13-15-28)21-7-9-23(34-2)10-8-21/h3-10,20H,11-18H2,1-2H3,(H,26,31). The number of aryl methyl sites for hydroxylation is 1. The van der Waals surface area contributed by atoms with Gasteiger partial charge in [0.2, 0.25) is 21.8 Å². The van der Waals surface area contributed by atoms with Crippen molar-refractivity contribution in [1.29, 1.82) is 0 Å². The van der Waals surface area contributed by atoms with Gasteiger partial charge in [0, 0.05) is 57.1 Å². The van der Waals surface area contributed by atoms with Crippen molar-refractivity contribution >= 4 is 33.2 Å². The molecule has 0 bridgehead atoms. The number of nitrogens with zero attached hydrogens (tertiary/aromatic N) is 3. The van der Waals surface area contributed by atoms with Crippen LogP contribution in [-0.2, 0) is 19.6 Å². The average Bonchev–Trinajstić information content (AvgIpc) is 3.26. The summed E-state index contributed by atoms with van der Waals surface area (Å²) >= 11 is 0. The second kappa shape index (κ2) is 10.7. The van der Waals surface area contributed by atoms with Crippen LogP contribution in [0, 0.1) is 12.8 Å². The van der Waals surface area contributed by atoms with Gasteiger partial charge in [0.1, 0.15) is 5.75 Å². The van der Waals surface area contributed by atoms with Gasteiger partial charge >= 0.3 is 0 Å². The van der Waals surface area contributed by atoms with Crippen LogP contribution in [0.1, 0.15) is 12.0 Å². The molecule has 2 aliphatic heterocycles. The van der Waals surface area contributed by atoms with E-state index < -0.39 is 15.9 Å². The van der Waals surface area contributed by atoms with E-state index in [-0.39, 0.29) is 30.5 Å². The monoisotopic (exact) mass is 500 g/mol. The van der Waals surface area contributed by atoms with Crippen LogP contribution in [0.15, 0.2) is 48.5 Å². The first-order valence-electron chi connectivity index (χ1n) is 11.8. The highest BCUT2D eigenvalue weighted by molar-refractivity contribution is 7.89. The third-order valence-corrected chi connectivity index (χ3v) is 8.44. The Morgan fingerprint density at radius 2 is 1.63 bits per heavy atom. The number of sulfonamides is 1. The predicted molar refractivity (Wildman–Crippen MR) is 135 cm³/mol. The molecule has 0 saturated carbocycles. The molecule has 0 radical (unpaired) electrons. The van der Waals surface area contributed by atoms with Crippen molar-refractivity contribution in [3.05, 3.63) is 54.1 Å². The molecule has 0 spiro atoms. The highest BCUT2D eigenvalue weighted by Gasteiger charge is 2.35. The maximum atomic E-state index is 12.8. The Labute approximate surface area is 206 Å². The van der Waals surface area contributed by atoms with Crippen molar-refractivity contribution in [1.82, 2.24) is 9.62 Å². The van der Waals surface area contributed by atoms with Gasteiger partial charge in [0.15, 0.2) is 0 Å². The molecule has 2 aliphatic rings. The molecular formula is C25H32N4O5S. The second-order valence-electron chi connectivity index (χ2n) is 8.93. The van der Waals surface area contributed by atoms with Crippen LogP contribution < -0.4 is 19.9 Å². The Morgan fingerprint density at radius 3 is 2.26 bits per heavy atom. The van der Waals surface area contributed by atoms with Crippen molar-refractivity contribution < 1.29 is 22.7 Å². The lowest BCUT2D eigenvalue weighted by Gasteiger charge is -2.35. The number of methoxy groups -OCH3 is 1. The van der Waals surface area contributed by atoms with E-state index in [4.69, 9.17) is 4.74 Å². The van der Waals surface area contributed by atoms with Crippen molar-refractivity contribution in [2.75, 3.05) is 61.9 Å². The summed E-state index contributed by atoms with van der Waals surface area (Å²) in [5.41, 5.74) is 2.89. The molecule has 1 unspecified atom stereocenters. The van der Waals surface area contributed by atoms with Gasteiger partial charge in [-0.2, -0.15) is 4.31 Å². The van der Waals surface area contributed by atoms with Gasteiger partial charge in [0.05, 0.1) is 18.8 Å². The van der Waals surface area contributed by atoms with E-state index in [1.54, 1.807) is 12.0 Å². The summed E-state index contributed by atoms with van der Waals surface area (Å²) in [5.74, 6) is -0.255. The minimum absolute atomic E-state index is 0.0229. The van der Waals surface area contributed by atoms with Gasteiger partial charge in [-0.05, 0) is 43.3 Å². The van der Waals surface area contributed by atoms with Crippen LogP contribution in [0.3, 0.4) is 0 Å². The van der Waals surface area contributed by atoms with E-state index in [0.29, 0.717) is 32.7 Å². The van der Waals surface area contributed by atoms with E-state index in [9.17, 15) is 18.0 Å². The third kappa shape index (κ3) is 5.94. The number of hydrogen-bond acceptors (Lipinski definition) is 6. The summed E-state index contributed by atoms with van der Waals surface area (Å²) in [6.07, 6.45) is 0.125. The molecule has 2 heterocycles. The van der Waals surface area contributed by atoms with Gasteiger partial charge in [0.25, 0.3) is 0 Å². The molecule has 35 heavy (non-hydrogen) atoms. The van der Waals surface area contributed by atoms with E-state index in [2.05, 4.69) is 10.2 Å². The Kier molecular flexibility index (Phi) is 7.61. The molecule has 188 valence electrons. The van der Waals surface area contributed by atoms with Crippen molar-refractivity contribution in [3.63, 3.8) is 0 Å². The molecule has 10 heteroatoms. The first kappa shape index (κ1) is 25.0. The topological polar surface area (TPSA) is 99.3 Å². The molecule has 2 aromatic rings. The first-order chi connectivity index (χ1) is 16.8. The minimum Gasteiger partial charge on any atom is -0.497 e. The lowest BCUT2D eigenvalue weighted by molar-refractivity contribution is -0.126. The number of hydrogen-bond donors (Lipinski definition) is 1. The van der Waals surface area contributed by atoms with Gasteiger partial charge in [-0.25, -0.2) is 8.42 Å². The minimum atomic E-state index is -3.49. The Bertz CT molecular complexity index is 1140. The molecule has 2 aromatic carbocycles. The number of carbonyl (C=O) groups excluding carboxylic acids is 2. The molecule has 0 aromatic heterocycles. The lowest BCUT2D eigenvalue weighted by atomic mass is 10.1. The molecule has 2 saturated heterocycles. The Hall–Kier alpha value is -3.11. The van der Waals surface area contributed by atoms with E-state index >= 15 is 0 Å². The maximum Gasteiger partial charge on any atom is 0.227 e. The number of piperazine rings is 1. The summed E-state index contributed by atoms with van der Waals surface area (Å²) in [6.45, 7) is 4.27. The van der Waals surface area contributed by atoms with Gasteiger partial charge in [-0.1, -0.05) is 17.7 Å². The highest BCUT2D eigenvalue weighted by atomic mass is 32.2. The Morgan fingerprint density at radius 1 is 1.00 bits per heavy atom. The molecular weight excluding hydrogens is 468 g/mol. The fourth-order valence-electron chi connectivity index (χ4n) is 4.45. The molecule has 9 nitrogen and oxygen atoms in total. The lowest BCUT2D eigenvalue weighted by Crippen LogP contribution is -2.50. The summed E-state index contributed by atoms with van der Waals surface area (Å²) in [5, 5.41) is 2.72. The number of benzene rings is 2. The van der Waals surface area contributed by atoms with Gasteiger partial charge in [-0.3, -0.25) is 9.59 Å². The Balaban J connectivity index is 1.23. The highest BCUT2D eigenvalue weighted by Crippen LogP contribution is 2.25. The van der Waals surface area contributed by atoms with Crippen LogP contribution in [0.4, 0.5) is 11.4 Å². The molecule has 4 rings (SSSR count). The third-order valence-electron chi connectivity index (χ3n) is 6.57. The molecule has 1 N–H and O–H groups in total. The largest absolute Gasteiger partial charge is 0.497 e. The zero-order valence-corrected chi connectivity index (χ0v) is 21.0. The van der Waals surface area contributed by atoms with Crippen molar-refractivity contribution in [3.8, 4) is 5.75 Å². The van der Waals surface area contributed by atoms with Crippen LogP contribution in [0.5, 0.6) is 5.75 Å². The maximum absolute atomic E-state index is 12.8.